The molecule has 1 unspecified atom stereocenters. The predicted octanol–water partition coefficient (Wildman–Crippen LogP) is 0.150. The Hall–Kier alpha value is -1.40. The van der Waals surface area contributed by atoms with Gasteiger partial charge in [-0.05, 0) is 31.3 Å². The second-order valence-corrected chi connectivity index (χ2v) is 6.19. The van der Waals surface area contributed by atoms with Gasteiger partial charge in [-0.2, -0.15) is 0 Å². The molecule has 0 spiro atoms. The highest BCUT2D eigenvalue weighted by atomic mass is 32.2. The minimum atomic E-state index is -1.29. The first-order chi connectivity index (χ1) is 9.06. The van der Waals surface area contributed by atoms with Crippen LogP contribution in [-0.2, 0) is 15.6 Å². The Kier molecular flexibility index (Phi) is 4.55. The fraction of sp³-hybridized carbons (Fsp3) is 0.462. The highest BCUT2D eigenvalue weighted by Gasteiger charge is 2.21. The molecule has 1 saturated heterocycles. The molecular formula is C13H19N3O2S. The zero-order valence-corrected chi connectivity index (χ0v) is 11.9. The van der Waals surface area contributed by atoms with E-state index in [-0.39, 0.29) is 11.7 Å². The van der Waals surface area contributed by atoms with Gasteiger partial charge in [-0.1, -0.05) is 0 Å². The largest absolute Gasteiger partial charge is 0.399 e. The number of amides is 1. The molecule has 0 bridgehead atoms. The minimum absolute atomic E-state index is 0.0386. The maximum atomic E-state index is 12.1. The first-order valence-corrected chi connectivity index (χ1v) is 7.58. The number of likely N-dealkylation sites (N-methyl/N-ethyl adjacent to an activating group) is 1. The molecule has 0 aliphatic carbocycles. The predicted molar refractivity (Wildman–Crippen MR) is 76.2 cm³/mol. The number of nitrogens with zero attached hydrogens (tertiary/aromatic N) is 2. The number of nitrogens with two attached hydrogens (primary N) is 1. The monoisotopic (exact) mass is 281 g/mol. The minimum Gasteiger partial charge on any atom is -0.399 e. The number of rotatable bonds is 3. The molecule has 1 aromatic carbocycles. The highest BCUT2D eigenvalue weighted by molar-refractivity contribution is 7.85. The molecule has 1 heterocycles. The van der Waals surface area contributed by atoms with E-state index in [1.54, 1.807) is 29.2 Å². The summed E-state index contributed by atoms with van der Waals surface area (Å²) in [5, 5.41) is 0. The molecule has 1 aliphatic heterocycles. The summed E-state index contributed by atoms with van der Waals surface area (Å²) in [6.07, 6.45) is 0. The van der Waals surface area contributed by atoms with Crippen LogP contribution in [0.25, 0.3) is 0 Å². The summed E-state index contributed by atoms with van der Waals surface area (Å²) < 4.78 is 12.1. The van der Waals surface area contributed by atoms with E-state index in [0.717, 1.165) is 13.1 Å². The van der Waals surface area contributed by atoms with E-state index >= 15 is 0 Å². The number of carbonyl (C=O) groups excluding carboxylic acids is 1. The van der Waals surface area contributed by atoms with Crippen LogP contribution in [0.4, 0.5) is 5.69 Å². The second kappa shape index (κ2) is 6.16. The van der Waals surface area contributed by atoms with Gasteiger partial charge in [-0.3, -0.25) is 9.00 Å². The number of nitrogen functional groups attached to an aromatic ring is 1. The Morgan fingerprint density at radius 1 is 1.21 bits per heavy atom. The zero-order valence-electron chi connectivity index (χ0n) is 11.0. The summed E-state index contributed by atoms with van der Waals surface area (Å²) in [7, 11) is 0.743. The van der Waals surface area contributed by atoms with Crippen molar-refractivity contribution in [2.45, 2.75) is 4.90 Å². The molecule has 104 valence electrons. The molecule has 1 amide bonds. The Bertz CT molecular complexity index is 467. The van der Waals surface area contributed by atoms with Gasteiger partial charge in [0.1, 0.15) is 5.75 Å². The fourth-order valence-electron chi connectivity index (χ4n) is 1.96. The van der Waals surface area contributed by atoms with Crippen molar-refractivity contribution in [1.29, 1.82) is 0 Å². The topological polar surface area (TPSA) is 66.6 Å². The molecule has 0 radical (unpaired) electrons. The summed E-state index contributed by atoms with van der Waals surface area (Å²) in [6, 6.07) is 6.83. The van der Waals surface area contributed by atoms with E-state index in [4.69, 9.17) is 5.73 Å². The van der Waals surface area contributed by atoms with Crippen molar-refractivity contribution in [3.05, 3.63) is 24.3 Å². The Morgan fingerprint density at radius 3 is 2.37 bits per heavy atom. The normalized spacial score (nSPS) is 18.3. The van der Waals surface area contributed by atoms with Crippen LogP contribution in [0.1, 0.15) is 0 Å². The number of piperazine rings is 1. The molecule has 1 aliphatic rings. The highest BCUT2D eigenvalue weighted by Crippen LogP contribution is 2.11. The van der Waals surface area contributed by atoms with Crippen LogP contribution >= 0.6 is 0 Å². The number of hydrogen-bond donors (Lipinski definition) is 1. The Morgan fingerprint density at radius 2 is 1.79 bits per heavy atom. The maximum absolute atomic E-state index is 12.1. The summed E-state index contributed by atoms with van der Waals surface area (Å²) >= 11 is 0. The molecule has 0 saturated carbocycles. The van der Waals surface area contributed by atoms with Crippen molar-refractivity contribution in [1.82, 2.24) is 9.80 Å². The van der Waals surface area contributed by atoms with Gasteiger partial charge >= 0.3 is 0 Å². The number of hydrogen-bond acceptors (Lipinski definition) is 4. The van der Waals surface area contributed by atoms with Crippen molar-refractivity contribution >= 4 is 22.4 Å². The van der Waals surface area contributed by atoms with Gasteiger partial charge < -0.3 is 15.5 Å². The maximum Gasteiger partial charge on any atom is 0.235 e. The fourth-order valence-corrected chi connectivity index (χ4v) is 2.98. The van der Waals surface area contributed by atoms with Crippen molar-refractivity contribution in [2.24, 2.45) is 0 Å². The first-order valence-electron chi connectivity index (χ1n) is 6.26. The molecule has 1 aromatic rings. The van der Waals surface area contributed by atoms with Crippen LogP contribution in [0.3, 0.4) is 0 Å². The van der Waals surface area contributed by atoms with Gasteiger partial charge in [0.05, 0.1) is 10.8 Å². The standard InChI is InChI=1S/C13H19N3O2S/c1-15-6-8-16(9-7-15)13(17)10-19(18)12-4-2-11(14)3-5-12/h2-5H,6-10,14H2,1H3. The Labute approximate surface area is 115 Å². The first kappa shape index (κ1) is 14.0. The van der Waals surface area contributed by atoms with Crippen LogP contribution in [0.2, 0.25) is 0 Å². The number of carbonyl (C=O) groups is 1. The van der Waals surface area contributed by atoms with E-state index < -0.39 is 10.8 Å². The van der Waals surface area contributed by atoms with Gasteiger partial charge in [-0.25, -0.2) is 0 Å². The van der Waals surface area contributed by atoms with Gasteiger partial charge in [0.25, 0.3) is 0 Å². The van der Waals surface area contributed by atoms with E-state index in [9.17, 15) is 9.00 Å². The van der Waals surface area contributed by atoms with Crippen LogP contribution in [0.5, 0.6) is 0 Å². The van der Waals surface area contributed by atoms with Gasteiger partial charge in [0.2, 0.25) is 5.91 Å². The van der Waals surface area contributed by atoms with Crippen LogP contribution in [-0.4, -0.2) is 58.9 Å². The van der Waals surface area contributed by atoms with E-state index in [0.29, 0.717) is 23.7 Å². The van der Waals surface area contributed by atoms with Gasteiger partial charge in [0, 0.05) is 36.8 Å². The average molecular weight is 281 g/mol. The van der Waals surface area contributed by atoms with Crippen molar-refractivity contribution < 1.29 is 9.00 Å². The van der Waals surface area contributed by atoms with Crippen LogP contribution in [0.15, 0.2) is 29.2 Å². The smallest absolute Gasteiger partial charge is 0.235 e. The molecular weight excluding hydrogens is 262 g/mol. The second-order valence-electron chi connectivity index (χ2n) is 4.74. The lowest BCUT2D eigenvalue weighted by Gasteiger charge is -2.32. The van der Waals surface area contributed by atoms with E-state index in [2.05, 4.69) is 4.90 Å². The van der Waals surface area contributed by atoms with E-state index in [1.807, 2.05) is 7.05 Å². The third kappa shape index (κ3) is 3.78. The van der Waals surface area contributed by atoms with Gasteiger partial charge in [0.15, 0.2) is 0 Å². The molecule has 0 aromatic heterocycles. The lowest BCUT2D eigenvalue weighted by Crippen LogP contribution is -2.48. The molecule has 2 rings (SSSR count). The lowest BCUT2D eigenvalue weighted by atomic mass is 10.3. The number of anilines is 1. The third-order valence-electron chi connectivity index (χ3n) is 3.25. The molecule has 19 heavy (non-hydrogen) atoms. The third-order valence-corrected chi connectivity index (χ3v) is 4.56. The molecule has 1 fully saturated rings. The van der Waals surface area contributed by atoms with Crippen molar-refractivity contribution in [2.75, 3.05) is 44.7 Å². The quantitative estimate of drug-likeness (QED) is 0.801. The van der Waals surface area contributed by atoms with Gasteiger partial charge in [-0.15, -0.1) is 0 Å². The van der Waals surface area contributed by atoms with Crippen molar-refractivity contribution in [3.63, 3.8) is 0 Å². The van der Waals surface area contributed by atoms with E-state index in [1.165, 1.54) is 0 Å². The molecule has 5 nitrogen and oxygen atoms in total. The van der Waals surface area contributed by atoms with Crippen LogP contribution < -0.4 is 5.73 Å². The average Bonchev–Trinajstić information content (AvgIpc) is 2.40. The molecule has 2 N–H and O–H groups in total. The summed E-state index contributed by atoms with van der Waals surface area (Å²) in [6.45, 7) is 3.18. The zero-order chi connectivity index (χ0) is 13.8. The SMILES string of the molecule is CN1CCN(C(=O)CS(=O)c2ccc(N)cc2)CC1. The van der Waals surface area contributed by atoms with Crippen LogP contribution in [0, 0.1) is 0 Å². The summed E-state index contributed by atoms with van der Waals surface area (Å²) in [5.41, 5.74) is 6.21. The molecule has 6 heteroatoms. The molecule has 1 atom stereocenters. The lowest BCUT2D eigenvalue weighted by molar-refractivity contribution is -0.129. The van der Waals surface area contributed by atoms with Crippen molar-refractivity contribution in [3.8, 4) is 0 Å². The Balaban J connectivity index is 1.91. The summed E-state index contributed by atoms with van der Waals surface area (Å²) in [5.74, 6) is 0.0106. The number of benzene rings is 1. The summed E-state index contributed by atoms with van der Waals surface area (Å²) in [4.78, 5) is 16.7.